The average molecular weight is 413 g/mol. The van der Waals surface area contributed by atoms with Crippen LogP contribution in [0.3, 0.4) is 0 Å². The van der Waals surface area contributed by atoms with Gasteiger partial charge in [0.15, 0.2) is 0 Å². The van der Waals surface area contributed by atoms with Gasteiger partial charge in [-0.15, -0.1) is 0 Å². The number of hydrogen-bond donors (Lipinski definition) is 4. The zero-order valence-corrected chi connectivity index (χ0v) is 18.1. The molecule has 166 valence electrons. The van der Waals surface area contributed by atoms with Gasteiger partial charge in [0.1, 0.15) is 18.1 Å². The number of carbonyl (C=O) groups is 4. The topological polar surface area (TPSA) is 142 Å². The number of carboxylic acids is 1. The minimum atomic E-state index is -1.04. The summed E-state index contributed by atoms with van der Waals surface area (Å²) in [5, 5.41) is 14.6. The number of nitrogens with two attached hydrogens (primary N) is 1. The van der Waals surface area contributed by atoms with Gasteiger partial charge in [-0.05, 0) is 44.4 Å². The van der Waals surface area contributed by atoms with Crippen LogP contribution in [-0.2, 0) is 19.2 Å². The van der Waals surface area contributed by atoms with Gasteiger partial charge in [0.2, 0.25) is 17.7 Å². The summed E-state index contributed by atoms with van der Waals surface area (Å²) >= 11 is 0. The van der Waals surface area contributed by atoms with Crippen molar-refractivity contribution in [3.8, 4) is 0 Å². The summed E-state index contributed by atoms with van der Waals surface area (Å²) in [6, 6.07) is -3.28. The summed E-state index contributed by atoms with van der Waals surface area (Å²) in [6.45, 7) is 9.63. The fraction of sp³-hybridized carbons (Fsp3) is 0.800. The van der Waals surface area contributed by atoms with E-state index in [4.69, 9.17) is 5.73 Å². The molecule has 9 heteroatoms. The molecule has 0 aliphatic carbocycles. The van der Waals surface area contributed by atoms with Crippen molar-refractivity contribution in [1.82, 2.24) is 15.5 Å². The van der Waals surface area contributed by atoms with Gasteiger partial charge >= 0.3 is 5.97 Å². The molecule has 0 radical (unpaired) electrons. The Bertz CT molecular complexity index is 608. The molecule has 4 unspecified atom stereocenters. The van der Waals surface area contributed by atoms with Crippen LogP contribution in [0.15, 0.2) is 0 Å². The smallest absolute Gasteiger partial charge is 0.326 e. The van der Waals surface area contributed by atoms with Crippen LogP contribution in [0.4, 0.5) is 0 Å². The average Bonchev–Trinajstić information content (AvgIpc) is 3.09. The van der Waals surface area contributed by atoms with Gasteiger partial charge in [0.05, 0.1) is 6.04 Å². The largest absolute Gasteiger partial charge is 0.480 e. The highest BCUT2D eigenvalue weighted by molar-refractivity contribution is 5.94. The summed E-state index contributed by atoms with van der Waals surface area (Å²) in [6.07, 6.45) is 1.90. The number of carbonyl (C=O) groups excluding carboxylic acids is 3. The van der Waals surface area contributed by atoms with Crippen molar-refractivity contribution < 1.29 is 24.3 Å². The second-order valence-corrected chi connectivity index (χ2v) is 8.68. The Morgan fingerprint density at radius 1 is 1.00 bits per heavy atom. The van der Waals surface area contributed by atoms with E-state index in [0.717, 1.165) is 0 Å². The van der Waals surface area contributed by atoms with Gasteiger partial charge in [-0.1, -0.05) is 27.7 Å². The maximum absolute atomic E-state index is 12.9. The Kier molecular flexibility index (Phi) is 9.55. The maximum atomic E-state index is 12.9. The van der Waals surface area contributed by atoms with E-state index in [9.17, 15) is 24.3 Å². The van der Waals surface area contributed by atoms with Gasteiger partial charge in [-0.2, -0.15) is 0 Å². The van der Waals surface area contributed by atoms with Crippen molar-refractivity contribution in [3.63, 3.8) is 0 Å². The van der Waals surface area contributed by atoms with E-state index in [1.807, 2.05) is 27.7 Å². The quantitative estimate of drug-likeness (QED) is 0.411. The van der Waals surface area contributed by atoms with Gasteiger partial charge in [-0.3, -0.25) is 14.4 Å². The molecule has 1 fully saturated rings. The van der Waals surface area contributed by atoms with Crippen molar-refractivity contribution >= 4 is 23.7 Å². The predicted octanol–water partition coefficient (Wildman–Crippen LogP) is 0.471. The summed E-state index contributed by atoms with van der Waals surface area (Å²) in [5.74, 6) is -1.99. The van der Waals surface area contributed by atoms with Crippen LogP contribution in [0, 0.1) is 11.8 Å². The summed E-state index contributed by atoms with van der Waals surface area (Å²) in [7, 11) is 0. The van der Waals surface area contributed by atoms with Crippen LogP contribution < -0.4 is 16.4 Å². The summed E-state index contributed by atoms with van der Waals surface area (Å²) in [4.78, 5) is 50.4. The molecule has 0 aromatic rings. The van der Waals surface area contributed by atoms with Crippen LogP contribution >= 0.6 is 0 Å². The predicted molar refractivity (Wildman–Crippen MR) is 109 cm³/mol. The molecule has 1 saturated heterocycles. The molecule has 0 aromatic carbocycles. The Balaban J connectivity index is 2.78. The van der Waals surface area contributed by atoms with Crippen molar-refractivity contribution in [1.29, 1.82) is 0 Å². The molecule has 1 heterocycles. The highest BCUT2D eigenvalue weighted by atomic mass is 16.4. The molecule has 1 rings (SSSR count). The third-order valence-corrected chi connectivity index (χ3v) is 4.96. The lowest BCUT2D eigenvalue weighted by atomic mass is 10.0. The first kappa shape index (κ1) is 24.9. The number of carboxylic acid groups (broad SMARTS) is 1. The second kappa shape index (κ2) is 11.1. The van der Waals surface area contributed by atoms with Crippen LogP contribution in [0.1, 0.15) is 60.3 Å². The third kappa shape index (κ3) is 7.64. The number of nitrogens with zero attached hydrogens (tertiary/aromatic N) is 1. The molecule has 0 spiro atoms. The molecule has 0 bridgehead atoms. The van der Waals surface area contributed by atoms with Crippen molar-refractivity contribution in [2.75, 3.05) is 6.54 Å². The second-order valence-electron chi connectivity index (χ2n) is 8.68. The van der Waals surface area contributed by atoms with Crippen molar-refractivity contribution in [2.24, 2.45) is 17.6 Å². The van der Waals surface area contributed by atoms with E-state index >= 15 is 0 Å². The van der Waals surface area contributed by atoms with E-state index in [1.165, 1.54) is 11.8 Å². The first-order valence-corrected chi connectivity index (χ1v) is 10.3. The molecule has 29 heavy (non-hydrogen) atoms. The standard InChI is InChI=1S/C20H36N4O5/c1-11(2)9-14(21)18(26)22-13(5)17(25)23-15(10-12(3)4)19(27)24-8-6-7-16(24)20(28)29/h11-16H,6-10,21H2,1-5H3,(H,22,26)(H,23,25)(H,28,29). The number of hydrogen-bond acceptors (Lipinski definition) is 5. The van der Waals surface area contributed by atoms with E-state index < -0.39 is 47.9 Å². The minimum Gasteiger partial charge on any atom is -0.480 e. The number of likely N-dealkylation sites (tertiary alicyclic amines) is 1. The van der Waals surface area contributed by atoms with E-state index in [2.05, 4.69) is 10.6 Å². The molecule has 0 aromatic heterocycles. The van der Waals surface area contributed by atoms with E-state index in [1.54, 1.807) is 0 Å². The first-order valence-electron chi connectivity index (χ1n) is 10.3. The molecule has 0 saturated carbocycles. The van der Waals surface area contributed by atoms with Gasteiger partial charge in [-0.25, -0.2) is 4.79 Å². The molecule has 4 atom stereocenters. The number of amides is 3. The molecule has 3 amide bonds. The molecular weight excluding hydrogens is 376 g/mol. The number of aliphatic carboxylic acids is 1. The fourth-order valence-corrected chi connectivity index (χ4v) is 3.48. The summed E-state index contributed by atoms with van der Waals surface area (Å²) in [5.41, 5.74) is 5.85. The van der Waals surface area contributed by atoms with Gasteiger partial charge < -0.3 is 26.4 Å². The normalized spacial score (nSPS) is 19.7. The lowest BCUT2D eigenvalue weighted by molar-refractivity contribution is -0.149. The van der Waals surface area contributed by atoms with E-state index in [0.29, 0.717) is 32.2 Å². The molecule has 5 N–H and O–H groups in total. The van der Waals surface area contributed by atoms with Crippen LogP contribution in [0.5, 0.6) is 0 Å². The highest BCUT2D eigenvalue weighted by Crippen LogP contribution is 2.20. The Morgan fingerprint density at radius 2 is 1.59 bits per heavy atom. The number of rotatable bonds is 10. The monoisotopic (exact) mass is 412 g/mol. The molecule has 1 aliphatic rings. The lowest BCUT2D eigenvalue weighted by Gasteiger charge is -2.29. The van der Waals surface area contributed by atoms with Crippen molar-refractivity contribution in [3.05, 3.63) is 0 Å². The molecule has 1 aliphatic heterocycles. The minimum absolute atomic E-state index is 0.111. The molecule has 9 nitrogen and oxygen atoms in total. The van der Waals surface area contributed by atoms with Gasteiger partial charge in [0, 0.05) is 6.54 Å². The fourth-order valence-electron chi connectivity index (χ4n) is 3.48. The van der Waals surface area contributed by atoms with Crippen LogP contribution in [-0.4, -0.2) is 64.4 Å². The number of nitrogens with one attached hydrogen (secondary N) is 2. The zero-order chi connectivity index (χ0) is 22.3. The van der Waals surface area contributed by atoms with Gasteiger partial charge in [0.25, 0.3) is 0 Å². The van der Waals surface area contributed by atoms with Crippen molar-refractivity contribution in [2.45, 2.75) is 84.5 Å². The maximum Gasteiger partial charge on any atom is 0.326 e. The zero-order valence-electron chi connectivity index (χ0n) is 18.1. The Labute approximate surface area is 172 Å². The molecular formula is C20H36N4O5. The highest BCUT2D eigenvalue weighted by Gasteiger charge is 2.38. The Hall–Kier alpha value is -2.16. The summed E-state index contributed by atoms with van der Waals surface area (Å²) < 4.78 is 0. The first-order chi connectivity index (χ1) is 13.4. The Morgan fingerprint density at radius 3 is 2.10 bits per heavy atom. The lowest BCUT2D eigenvalue weighted by Crippen LogP contribution is -2.56. The van der Waals surface area contributed by atoms with Crippen LogP contribution in [0.25, 0.3) is 0 Å². The van der Waals surface area contributed by atoms with Crippen LogP contribution in [0.2, 0.25) is 0 Å². The van der Waals surface area contributed by atoms with E-state index in [-0.39, 0.29) is 11.8 Å². The SMILES string of the molecule is CC(C)CC(N)C(=O)NC(C)C(=O)NC(CC(C)C)C(=O)N1CCCC1C(=O)O. The third-order valence-electron chi connectivity index (χ3n) is 4.96.